The fourth-order valence-corrected chi connectivity index (χ4v) is 2.42. The van der Waals surface area contributed by atoms with Gasteiger partial charge in [-0.3, -0.25) is 4.79 Å². The summed E-state index contributed by atoms with van der Waals surface area (Å²) in [4.78, 5) is 34.4. The van der Waals surface area contributed by atoms with Gasteiger partial charge in [-0.25, -0.2) is 9.59 Å². The van der Waals surface area contributed by atoms with Gasteiger partial charge in [0.1, 0.15) is 6.04 Å². The van der Waals surface area contributed by atoms with Crippen LogP contribution in [0.1, 0.15) is 56.3 Å². The smallest absolute Gasteiger partial charge is 0.335 e. The number of benzene rings is 1. The number of carboxylic acid groups (broad SMARTS) is 2. The Kier molecular flexibility index (Phi) is 9.25. The van der Waals surface area contributed by atoms with E-state index >= 15 is 0 Å². The lowest BCUT2D eigenvalue weighted by Crippen LogP contribution is -2.40. The molecule has 1 atom stereocenters. The number of carboxylic acids is 2. The lowest BCUT2D eigenvalue weighted by Gasteiger charge is -2.19. The molecule has 27 heavy (non-hydrogen) atoms. The van der Waals surface area contributed by atoms with Crippen molar-refractivity contribution in [3.8, 4) is 0 Å². The maximum atomic E-state index is 12.1. The van der Waals surface area contributed by atoms with Crippen LogP contribution >= 0.6 is 11.6 Å². The third kappa shape index (κ3) is 8.41. The highest BCUT2D eigenvalue weighted by atomic mass is 35.5. The number of carbonyl (C=O) groups excluding carboxylic acids is 1. The fraction of sp³-hybridized carbons (Fsp3) is 0.526. The van der Waals surface area contributed by atoms with Gasteiger partial charge in [0.2, 0.25) is 0 Å². The van der Waals surface area contributed by atoms with E-state index in [0.717, 1.165) is 12.8 Å². The summed E-state index contributed by atoms with van der Waals surface area (Å²) < 4.78 is 5.31. The zero-order chi connectivity index (χ0) is 20.4. The molecule has 0 aliphatic carbocycles. The number of aliphatic carboxylic acids is 2. The Morgan fingerprint density at radius 2 is 1.67 bits per heavy atom. The van der Waals surface area contributed by atoms with Crippen molar-refractivity contribution in [3.05, 3.63) is 34.9 Å². The lowest BCUT2D eigenvalue weighted by atomic mass is 10.1. The van der Waals surface area contributed by atoms with Gasteiger partial charge < -0.3 is 20.3 Å². The number of amides is 1. The Bertz CT molecular complexity index is 644. The van der Waals surface area contributed by atoms with Gasteiger partial charge in [0, 0.05) is 17.2 Å². The number of rotatable bonds is 12. The first-order valence-corrected chi connectivity index (χ1v) is 9.18. The Balaban J connectivity index is 2.31. The van der Waals surface area contributed by atoms with Gasteiger partial charge in [0.25, 0.3) is 5.91 Å². The van der Waals surface area contributed by atoms with Gasteiger partial charge in [-0.1, -0.05) is 30.9 Å². The standard InChI is InChI=1S/C19H26ClNO6/c1-19(2,18(25)26)27-12-6-4-3-5-7-15(17(23)24)21-16(22)13-8-10-14(20)11-9-13/h8-11,15H,3-7,12H2,1-2H3,(H,21,22)(H,23,24)(H,25,26). The minimum atomic E-state index is -1.21. The van der Waals surface area contributed by atoms with Crippen molar-refractivity contribution < 1.29 is 29.3 Å². The third-order valence-corrected chi connectivity index (χ3v) is 4.33. The van der Waals surface area contributed by atoms with E-state index < -0.39 is 29.5 Å². The van der Waals surface area contributed by atoms with Crippen molar-refractivity contribution in [2.24, 2.45) is 0 Å². The summed E-state index contributed by atoms with van der Waals surface area (Å²) in [7, 11) is 0. The summed E-state index contributed by atoms with van der Waals surface area (Å²) in [6, 6.07) is 5.25. The van der Waals surface area contributed by atoms with Crippen molar-refractivity contribution >= 4 is 29.4 Å². The number of ether oxygens (including phenoxy) is 1. The van der Waals surface area contributed by atoms with Crippen LogP contribution in [0.5, 0.6) is 0 Å². The molecule has 0 saturated carbocycles. The van der Waals surface area contributed by atoms with Crippen LogP contribution in [0.2, 0.25) is 5.02 Å². The van der Waals surface area contributed by atoms with Gasteiger partial charge in [-0.2, -0.15) is 0 Å². The first-order chi connectivity index (χ1) is 12.6. The van der Waals surface area contributed by atoms with E-state index in [4.69, 9.17) is 21.4 Å². The molecule has 0 aliphatic heterocycles. The number of hydrogen-bond acceptors (Lipinski definition) is 4. The Labute approximate surface area is 163 Å². The average Bonchev–Trinajstić information content (AvgIpc) is 2.59. The third-order valence-electron chi connectivity index (χ3n) is 4.07. The van der Waals surface area contributed by atoms with Crippen molar-refractivity contribution in [3.63, 3.8) is 0 Å². The highest BCUT2D eigenvalue weighted by Gasteiger charge is 2.27. The number of carbonyl (C=O) groups is 3. The van der Waals surface area contributed by atoms with Gasteiger partial charge in [-0.15, -0.1) is 0 Å². The number of hydrogen-bond donors (Lipinski definition) is 3. The molecule has 8 heteroatoms. The minimum Gasteiger partial charge on any atom is -0.480 e. The van der Waals surface area contributed by atoms with Crippen LogP contribution in [-0.4, -0.2) is 46.3 Å². The molecule has 0 bridgehead atoms. The molecule has 1 aromatic rings. The summed E-state index contributed by atoms with van der Waals surface area (Å²) in [5, 5.41) is 21.2. The molecular weight excluding hydrogens is 374 g/mol. The molecule has 0 saturated heterocycles. The molecule has 7 nitrogen and oxygen atoms in total. The highest BCUT2D eigenvalue weighted by Crippen LogP contribution is 2.13. The number of unbranched alkanes of at least 4 members (excludes halogenated alkanes) is 3. The van der Waals surface area contributed by atoms with Gasteiger partial charge in [-0.05, 0) is 51.0 Å². The molecule has 1 aromatic carbocycles. The molecule has 0 radical (unpaired) electrons. The summed E-state index contributed by atoms with van der Waals surface area (Å²) in [6.07, 6.45) is 3.17. The summed E-state index contributed by atoms with van der Waals surface area (Å²) in [5.41, 5.74) is -0.857. The zero-order valence-electron chi connectivity index (χ0n) is 15.5. The normalized spacial score (nSPS) is 12.4. The average molecular weight is 400 g/mol. The van der Waals surface area contributed by atoms with Crippen LogP contribution in [-0.2, 0) is 14.3 Å². The van der Waals surface area contributed by atoms with Crippen LogP contribution in [0.3, 0.4) is 0 Å². The van der Waals surface area contributed by atoms with Gasteiger partial charge in [0.15, 0.2) is 5.60 Å². The van der Waals surface area contributed by atoms with E-state index in [-0.39, 0.29) is 0 Å². The monoisotopic (exact) mass is 399 g/mol. The molecule has 0 aromatic heterocycles. The number of halogens is 1. The summed E-state index contributed by atoms with van der Waals surface area (Å²) >= 11 is 5.77. The lowest BCUT2D eigenvalue weighted by molar-refractivity contribution is -0.161. The molecule has 0 heterocycles. The van der Waals surface area contributed by atoms with Crippen LogP contribution in [0.4, 0.5) is 0 Å². The predicted molar refractivity (Wildman–Crippen MR) is 101 cm³/mol. The molecule has 0 aliphatic rings. The van der Waals surface area contributed by atoms with E-state index in [1.165, 1.54) is 26.0 Å². The molecule has 0 spiro atoms. The van der Waals surface area contributed by atoms with E-state index in [0.29, 0.717) is 36.5 Å². The molecule has 1 rings (SSSR count). The van der Waals surface area contributed by atoms with Crippen molar-refractivity contribution in [2.75, 3.05) is 6.61 Å². The molecule has 150 valence electrons. The maximum absolute atomic E-state index is 12.1. The number of nitrogens with one attached hydrogen (secondary N) is 1. The second-order valence-corrected chi connectivity index (χ2v) is 7.17. The van der Waals surface area contributed by atoms with E-state index in [1.54, 1.807) is 12.1 Å². The molecule has 3 N–H and O–H groups in total. The Hall–Kier alpha value is -2.12. The SMILES string of the molecule is CC(C)(OCCCCCCC(NC(=O)c1ccc(Cl)cc1)C(=O)O)C(=O)O. The first-order valence-electron chi connectivity index (χ1n) is 8.80. The Morgan fingerprint density at radius 1 is 1.07 bits per heavy atom. The van der Waals surface area contributed by atoms with Crippen LogP contribution in [0, 0.1) is 0 Å². The second kappa shape index (κ2) is 10.9. The highest BCUT2D eigenvalue weighted by molar-refractivity contribution is 6.30. The maximum Gasteiger partial charge on any atom is 0.335 e. The van der Waals surface area contributed by atoms with Crippen molar-refractivity contribution in [2.45, 2.75) is 57.6 Å². The second-order valence-electron chi connectivity index (χ2n) is 6.74. The minimum absolute atomic E-state index is 0.316. The topological polar surface area (TPSA) is 113 Å². The largest absolute Gasteiger partial charge is 0.480 e. The van der Waals surface area contributed by atoms with Crippen molar-refractivity contribution in [1.82, 2.24) is 5.32 Å². The fourth-order valence-electron chi connectivity index (χ4n) is 2.29. The first kappa shape index (κ1) is 22.9. The van der Waals surface area contributed by atoms with E-state index in [2.05, 4.69) is 5.32 Å². The quantitative estimate of drug-likeness (QED) is 0.464. The molecule has 1 unspecified atom stereocenters. The summed E-state index contributed by atoms with van der Waals surface area (Å²) in [5.74, 6) is -2.55. The predicted octanol–water partition coefficient (Wildman–Crippen LogP) is 3.35. The van der Waals surface area contributed by atoms with Crippen LogP contribution in [0.15, 0.2) is 24.3 Å². The molecule has 1 amide bonds. The van der Waals surface area contributed by atoms with E-state index in [9.17, 15) is 19.5 Å². The molecular formula is C19H26ClNO6. The van der Waals surface area contributed by atoms with Gasteiger partial charge >= 0.3 is 11.9 Å². The van der Waals surface area contributed by atoms with E-state index in [1.807, 2.05) is 0 Å². The zero-order valence-corrected chi connectivity index (χ0v) is 16.3. The van der Waals surface area contributed by atoms with Crippen molar-refractivity contribution in [1.29, 1.82) is 0 Å². The van der Waals surface area contributed by atoms with Gasteiger partial charge in [0.05, 0.1) is 0 Å². The molecule has 0 fully saturated rings. The van der Waals surface area contributed by atoms with Crippen LogP contribution in [0.25, 0.3) is 0 Å². The Morgan fingerprint density at radius 3 is 2.22 bits per heavy atom. The summed E-state index contributed by atoms with van der Waals surface area (Å²) in [6.45, 7) is 3.32. The van der Waals surface area contributed by atoms with Crippen LogP contribution < -0.4 is 5.32 Å².